The summed E-state index contributed by atoms with van der Waals surface area (Å²) in [5, 5.41) is 22.6. The van der Waals surface area contributed by atoms with Crippen LogP contribution in [0.1, 0.15) is 30.1 Å². The first-order valence-corrected chi connectivity index (χ1v) is 7.89. The van der Waals surface area contributed by atoms with E-state index in [0.717, 1.165) is 18.9 Å². The fourth-order valence-electron chi connectivity index (χ4n) is 2.20. The highest BCUT2D eigenvalue weighted by Gasteiger charge is 2.43. The molecule has 126 valence electrons. The van der Waals surface area contributed by atoms with Gasteiger partial charge in [-0.05, 0) is 53.7 Å². The molecule has 8 nitrogen and oxygen atoms in total. The van der Waals surface area contributed by atoms with Crippen molar-refractivity contribution in [1.82, 2.24) is 5.32 Å². The Bertz CT molecular complexity index is 741. The summed E-state index contributed by atoms with van der Waals surface area (Å²) in [5.41, 5.74) is -1.29. The number of hydrogen-bond acceptors (Lipinski definition) is 6. The van der Waals surface area contributed by atoms with Crippen molar-refractivity contribution in [2.45, 2.75) is 25.3 Å². The number of nitro benzene ring substituents is 1. The van der Waals surface area contributed by atoms with Gasteiger partial charge < -0.3 is 10.1 Å². The summed E-state index contributed by atoms with van der Waals surface area (Å²) in [6.07, 6.45) is 1.74. The second-order valence-electron chi connectivity index (χ2n) is 5.64. The molecule has 1 amide bonds. The number of halogens is 1. The summed E-state index contributed by atoms with van der Waals surface area (Å²) in [4.78, 5) is 34.0. The zero-order valence-corrected chi connectivity index (χ0v) is 14.3. The van der Waals surface area contributed by atoms with Crippen LogP contribution in [-0.2, 0) is 9.53 Å². The average Bonchev–Trinajstić information content (AvgIpc) is 3.38. The molecule has 1 N–H and O–H groups in total. The van der Waals surface area contributed by atoms with E-state index in [0.29, 0.717) is 0 Å². The standard InChI is InChI=1S/C15H14BrN3O5/c1-15(8-17,10-3-4-10)18-13(20)7-24-14(21)9-2-5-11(16)12(6-9)19(22)23/h2,5-6,10H,3-4,7H2,1H3,(H,18,20)/t15-/m1/s1. The molecule has 1 saturated carbocycles. The van der Waals surface area contributed by atoms with Crippen LogP contribution in [0, 0.1) is 27.4 Å². The highest BCUT2D eigenvalue weighted by atomic mass is 79.9. The molecular weight excluding hydrogens is 382 g/mol. The van der Waals surface area contributed by atoms with Gasteiger partial charge in [0.05, 0.1) is 21.0 Å². The molecule has 0 heterocycles. The van der Waals surface area contributed by atoms with Crippen LogP contribution in [0.2, 0.25) is 0 Å². The molecule has 2 rings (SSSR count). The van der Waals surface area contributed by atoms with Gasteiger partial charge >= 0.3 is 5.97 Å². The number of carbonyl (C=O) groups excluding carboxylic acids is 2. The fourth-order valence-corrected chi connectivity index (χ4v) is 2.59. The predicted octanol–water partition coefficient (Wildman–Crippen LogP) is 2.32. The average molecular weight is 396 g/mol. The molecule has 0 aliphatic heterocycles. The van der Waals surface area contributed by atoms with Gasteiger partial charge in [-0.25, -0.2) is 4.79 Å². The molecule has 0 unspecified atom stereocenters. The van der Waals surface area contributed by atoms with E-state index in [2.05, 4.69) is 27.3 Å². The lowest BCUT2D eigenvalue weighted by molar-refractivity contribution is -0.385. The lowest BCUT2D eigenvalue weighted by atomic mass is 9.98. The van der Waals surface area contributed by atoms with Gasteiger partial charge in [0.15, 0.2) is 6.61 Å². The number of nitriles is 1. The van der Waals surface area contributed by atoms with E-state index in [9.17, 15) is 19.7 Å². The number of amides is 1. The van der Waals surface area contributed by atoms with Crippen LogP contribution in [-0.4, -0.2) is 28.9 Å². The Labute approximate surface area is 146 Å². The van der Waals surface area contributed by atoms with E-state index < -0.39 is 28.9 Å². The lowest BCUT2D eigenvalue weighted by Crippen LogP contribution is -2.48. The summed E-state index contributed by atoms with van der Waals surface area (Å²) < 4.78 is 5.09. The Kier molecular flexibility index (Phi) is 5.19. The molecule has 24 heavy (non-hydrogen) atoms. The molecule has 0 saturated heterocycles. The normalized spacial score (nSPS) is 15.7. The Morgan fingerprint density at radius 3 is 2.75 bits per heavy atom. The van der Waals surface area contributed by atoms with Crippen LogP contribution in [0.25, 0.3) is 0 Å². The molecule has 0 spiro atoms. The molecule has 1 aromatic rings. The van der Waals surface area contributed by atoms with Crippen molar-refractivity contribution >= 4 is 33.5 Å². The highest BCUT2D eigenvalue weighted by molar-refractivity contribution is 9.10. The van der Waals surface area contributed by atoms with Crippen LogP contribution in [0.15, 0.2) is 22.7 Å². The molecular formula is C15H14BrN3O5. The van der Waals surface area contributed by atoms with E-state index in [4.69, 9.17) is 10.00 Å². The largest absolute Gasteiger partial charge is 0.452 e. The third-order valence-electron chi connectivity index (χ3n) is 3.74. The molecule has 1 aromatic carbocycles. The number of nitrogens with zero attached hydrogens (tertiary/aromatic N) is 2. The van der Waals surface area contributed by atoms with Gasteiger partial charge in [-0.15, -0.1) is 0 Å². The molecule has 0 bridgehead atoms. The van der Waals surface area contributed by atoms with Crippen molar-refractivity contribution < 1.29 is 19.2 Å². The Morgan fingerprint density at radius 1 is 1.54 bits per heavy atom. The number of rotatable bonds is 6. The van der Waals surface area contributed by atoms with Crippen molar-refractivity contribution in [3.63, 3.8) is 0 Å². The number of esters is 1. The molecule has 1 fully saturated rings. The SMILES string of the molecule is C[C@](C#N)(NC(=O)COC(=O)c1ccc(Br)c([N+](=O)[O-])c1)C1CC1. The first kappa shape index (κ1) is 17.9. The van der Waals surface area contributed by atoms with Crippen molar-refractivity contribution in [3.05, 3.63) is 38.3 Å². The van der Waals surface area contributed by atoms with Crippen LogP contribution in [0.5, 0.6) is 0 Å². The minimum absolute atomic E-state index is 0.0389. The van der Waals surface area contributed by atoms with Gasteiger partial charge in [0, 0.05) is 6.07 Å². The molecule has 0 aromatic heterocycles. The minimum Gasteiger partial charge on any atom is -0.452 e. The van der Waals surface area contributed by atoms with E-state index in [1.165, 1.54) is 12.1 Å². The first-order valence-electron chi connectivity index (χ1n) is 7.10. The van der Waals surface area contributed by atoms with Crippen LogP contribution >= 0.6 is 15.9 Å². The van der Waals surface area contributed by atoms with E-state index in [-0.39, 0.29) is 21.6 Å². The maximum absolute atomic E-state index is 11.9. The number of nitro groups is 1. The second-order valence-corrected chi connectivity index (χ2v) is 6.49. The first-order chi connectivity index (χ1) is 11.3. The van der Waals surface area contributed by atoms with Gasteiger partial charge in [-0.2, -0.15) is 5.26 Å². The predicted molar refractivity (Wildman–Crippen MR) is 86.0 cm³/mol. The van der Waals surface area contributed by atoms with E-state index in [1.807, 2.05) is 0 Å². The number of hydrogen-bond donors (Lipinski definition) is 1. The molecule has 9 heteroatoms. The highest BCUT2D eigenvalue weighted by Crippen LogP contribution is 2.39. The smallest absolute Gasteiger partial charge is 0.338 e. The molecule has 0 radical (unpaired) electrons. The van der Waals surface area contributed by atoms with Crippen LogP contribution in [0.4, 0.5) is 5.69 Å². The van der Waals surface area contributed by atoms with Crippen molar-refractivity contribution in [1.29, 1.82) is 5.26 Å². The molecule has 1 atom stereocenters. The Morgan fingerprint density at radius 2 is 2.21 bits per heavy atom. The van der Waals surface area contributed by atoms with Gasteiger partial charge in [-0.3, -0.25) is 14.9 Å². The van der Waals surface area contributed by atoms with Gasteiger partial charge in [-0.1, -0.05) is 0 Å². The Balaban J connectivity index is 1.96. The molecule has 1 aliphatic rings. The quantitative estimate of drug-likeness (QED) is 0.447. The fraction of sp³-hybridized carbons (Fsp3) is 0.400. The summed E-state index contributed by atoms with van der Waals surface area (Å²) in [5.74, 6) is -1.34. The van der Waals surface area contributed by atoms with Crippen molar-refractivity contribution in [3.8, 4) is 6.07 Å². The summed E-state index contributed by atoms with van der Waals surface area (Å²) in [7, 11) is 0. The van der Waals surface area contributed by atoms with Crippen LogP contribution < -0.4 is 5.32 Å². The van der Waals surface area contributed by atoms with E-state index in [1.54, 1.807) is 6.92 Å². The van der Waals surface area contributed by atoms with Gasteiger partial charge in [0.1, 0.15) is 5.54 Å². The molecule has 1 aliphatic carbocycles. The zero-order chi connectivity index (χ0) is 17.9. The maximum atomic E-state index is 11.9. The maximum Gasteiger partial charge on any atom is 0.338 e. The van der Waals surface area contributed by atoms with Gasteiger partial charge in [0.2, 0.25) is 0 Å². The monoisotopic (exact) mass is 395 g/mol. The lowest BCUT2D eigenvalue weighted by Gasteiger charge is -2.22. The Hall–Kier alpha value is -2.47. The second kappa shape index (κ2) is 6.97. The van der Waals surface area contributed by atoms with Crippen molar-refractivity contribution in [2.24, 2.45) is 5.92 Å². The summed E-state index contributed by atoms with van der Waals surface area (Å²) >= 11 is 3.01. The van der Waals surface area contributed by atoms with Crippen molar-refractivity contribution in [2.75, 3.05) is 6.61 Å². The van der Waals surface area contributed by atoms with E-state index >= 15 is 0 Å². The topological polar surface area (TPSA) is 122 Å². The van der Waals surface area contributed by atoms with Gasteiger partial charge in [0.25, 0.3) is 11.6 Å². The third kappa shape index (κ3) is 4.08. The minimum atomic E-state index is -0.972. The summed E-state index contributed by atoms with van der Waals surface area (Å²) in [6, 6.07) is 5.83. The number of nitrogens with one attached hydrogen (secondary N) is 1. The number of ether oxygens (including phenoxy) is 1. The number of carbonyl (C=O) groups is 2. The number of benzene rings is 1. The third-order valence-corrected chi connectivity index (χ3v) is 4.41. The zero-order valence-electron chi connectivity index (χ0n) is 12.7. The summed E-state index contributed by atoms with van der Waals surface area (Å²) in [6.45, 7) is 1.06. The van der Waals surface area contributed by atoms with Crippen LogP contribution in [0.3, 0.4) is 0 Å².